The second-order valence-electron chi connectivity index (χ2n) is 1.08. The lowest BCUT2D eigenvalue weighted by Crippen LogP contribution is -2.07. The van der Waals surface area contributed by atoms with E-state index < -0.39 is 5.31 Å². The van der Waals surface area contributed by atoms with Crippen molar-refractivity contribution in [2.45, 2.75) is 0 Å². The van der Waals surface area contributed by atoms with E-state index in [2.05, 4.69) is 43.7 Å². The van der Waals surface area contributed by atoms with E-state index in [0.717, 1.165) is 0 Å². The average Bonchev–Trinajstić information content (AvgIpc) is 1.68. The molecule has 0 unspecified atom stereocenters. The highest BCUT2D eigenvalue weighted by atomic mass is 79.9. The van der Waals surface area contributed by atoms with Crippen molar-refractivity contribution in [3.8, 4) is 0 Å². The number of hydrogen-bond donors (Lipinski definition) is 0. The van der Waals surface area contributed by atoms with Crippen molar-refractivity contribution in [3.05, 3.63) is 24.6 Å². The largest absolute Gasteiger partial charge is 0.244 e. The molecule has 0 aliphatic rings. The predicted molar refractivity (Wildman–Crippen MR) is 44.0 cm³/mol. The Balaban J connectivity index is 3.82. The van der Waals surface area contributed by atoms with Gasteiger partial charge in [0.1, 0.15) is 0 Å². The summed E-state index contributed by atoms with van der Waals surface area (Å²) in [6.07, 6.45) is 0. The van der Waals surface area contributed by atoms with Crippen LogP contribution in [0.2, 0.25) is 0 Å². The van der Waals surface area contributed by atoms with Gasteiger partial charge in [-0.25, -0.2) is 0 Å². The molecule has 0 aliphatic heterocycles. The van der Waals surface area contributed by atoms with Crippen molar-refractivity contribution in [3.63, 3.8) is 0 Å². The number of halogens is 2. The van der Waals surface area contributed by atoms with E-state index in [1.807, 2.05) is 11.4 Å². The van der Waals surface area contributed by atoms with Gasteiger partial charge in [-0.15, -0.1) is 43.7 Å². The second-order valence-corrected chi connectivity index (χ2v) is 14.3. The third-order valence-electron chi connectivity index (χ3n) is 0.544. The molecule has 7 heavy (non-hydrogen) atoms. The van der Waals surface area contributed by atoms with E-state index in [4.69, 9.17) is 0 Å². The van der Waals surface area contributed by atoms with E-state index in [1.54, 1.807) is 0 Å². The third-order valence-corrected chi connectivity index (χ3v) is 5.52. The molecule has 0 saturated heterocycles. The molecule has 40 valence electrons. The van der Waals surface area contributed by atoms with Crippen LogP contribution in [0, 0.1) is 0 Å². The van der Waals surface area contributed by atoms with Crippen molar-refractivity contribution < 1.29 is 0 Å². The Morgan fingerprint density at radius 3 is 1.43 bits per heavy atom. The van der Waals surface area contributed by atoms with Crippen LogP contribution in [0.5, 0.6) is 0 Å². The summed E-state index contributed by atoms with van der Waals surface area (Å²) in [6, 6.07) is 0. The minimum Gasteiger partial charge on any atom is -0.105 e. The molecule has 0 atom stereocenters. The van der Waals surface area contributed by atoms with Crippen LogP contribution < -0.4 is 0 Å². The van der Waals surface area contributed by atoms with Gasteiger partial charge in [0, 0.05) is 0 Å². The molecule has 0 saturated carbocycles. The molecule has 0 rings (SSSR count). The zero-order chi connectivity index (χ0) is 5.91. The summed E-state index contributed by atoms with van der Waals surface area (Å²) in [4.78, 5) is 0. The molecule has 0 aromatic heterocycles. The second kappa shape index (κ2) is 2.84. The Bertz CT molecular complexity index is 77.7. The summed E-state index contributed by atoms with van der Waals surface area (Å²) < 4.78 is 0. The lowest BCUT2D eigenvalue weighted by Gasteiger charge is -2.00. The van der Waals surface area contributed by atoms with Crippen molar-refractivity contribution in [1.82, 2.24) is 0 Å². The highest BCUT2D eigenvalue weighted by Gasteiger charge is 2.14. The molecule has 3 heteroatoms. The molecule has 0 spiro atoms. The molecule has 0 aromatic rings. The molecule has 0 heterocycles. The monoisotopic (exact) mass is 240 g/mol. The van der Waals surface area contributed by atoms with Gasteiger partial charge in [-0.2, -0.15) is 0 Å². The van der Waals surface area contributed by atoms with Gasteiger partial charge in [0.15, 0.2) is 0 Å². The predicted octanol–water partition coefficient (Wildman–Crippen LogP) is 2.67. The van der Waals surface area contributed by atoms with Crippen LogP contribution in [-0.2, 0) is 0 Å². The van der Waals surface area contributed by atoms with Gasteiger partial charge in [0.05, 0.1) is 0 Å². The van der Waals surface area contributed by atoms with Crippen LogP contribution in [0.3, 0.4) is 0 Å². The summed E-state index contributed by atoms with van der Waals surface area (Å²) in [5.41, 5.74) is 3.69. The van der Waals surface area contributed by atoms with Gasteiger partial charge in [-0.3, -0.25) is 0 Å². The molecule has 0 amide bonds. The minimum atomic E-state index is -1.50. The van der Waals surface area contributed by atoms with Crippen LogP contribution in [-0.4, -0.2) is 5.31 Å². The zero-order valence-electron chi connectivity index (χ0n) is 3.82. The average molecular weight is 242 g/mol. The summed E-state index contributed by atoms with van der Waals surface area (Å²) in [6.45, 7) is 7.20. The first-order chi connectivity index (χ1) is 3.12. The number of hydrogen-bond acceptors (Lipinski definition) is 0. The Labute approximate surface area is 60.5 Å². The first-order valence-corrected chi connectivity index (χ1v) is 8.44. The minimum absolute atomic E-state index is 1.50. The first-order valence-electron chi connectivity index (χ1n) is 1.77. The van der Waals surface area contributed by atoms with Crippen LogP contribution in [0.15, 0.2) is 24.6 Å². The fraction of sp³-hybridized carbons (Fsp3) is 0. The Hall–Kier alpha value is 0.657. The van der Waals surface area contributed by atoms with Crippen LogP contribution >= 0.6 is 30.6 Å². The van der Waals surface area contributed by atoms with E-state index in [9.17, 15) is 0 Å². The van der Waals surface area contributed by atoms with Gasteiger partial charge < -0.3 is 0 Å². The van der Waals surface area contributed by atoms with E-state index in [0.29, 0.717) is 0 Å². The molecular weight excluding hydrogens is 236 g/mol. The highest BCUT2D eigenvalue weighted by Crippen LogP contribution is 2.21. The van der Waals surface area contributed by atoms with Crippen LogP contribution in [0.4, 0.5) is 0 Å². The summed E-state index contributed by atoms with van der Waals surface area (Å²) in [5, 5.41) is -1.50. The fourth-order valence-electron chi connectivity index (χ4n) is 0.0833. The Kier molecular flexibility index (Phi) is 3.11. The molecule has 0 nitrogen and oxygen atoms in total. The van der Waals surface area contributed by atoms with Gasteiger partial charge in [-0.05, 0) is 0 Å². The summed E-state index contributed by atoms with van der Waals surface area (Å²) in [7, 11) is 0. The van der Waals surface area contributed by atoms with Gasteiger partial charge in [0.25, 0.3) is 0 Å². The molecule has 0 fully saturated rings. The fourth-order valence-corrected chi connectivity index (χ4v) is 0.250. The normalized spacial score (nSPS) is 10.6. The summed E-state index contributed by atoms with van der Waals surface area (Å²) in [5.74, 6) is 0. The standard InChI is InChI=1S/C4H6Br2Si/c1-3-7(5,6)4-2/h3-4H,1-2H2. The SMILES string of the molecule is C=C[Si](Br)(Br)C=C. The molecule has 0 aromatic carbocycles. The topological polar surface area (TPSA) is 0 Å². The van der Waals surface area contributed by atoms with Crippen molar-refractivity contribution >= 4 is 35.9 Å². The highest BCUT2D eigenvalue weighted by molar-refractivity contribution is 9.51. The summed E-state index contributed by atoms with van der Waals surface area (Å²) >= 11 is 6.80. The van der Waals surface area contributed by atoms with Gasteiger partial charge in [0.2, 0.25) is 5.31 Å². The maximum Gasteiger partial charge on any atom is 0.244 e. The van der Waals surface area contributed by atoms with E-state index in [-0.39, 0.29) is 0 Å². The van der Waals surface area contributed by atoms with Crippen molar-refractivity contribution in [2.75, 3.05) is 0 Å². The first kappa shape index (κ1) is 7.66. The third kappa shape index (κ3) is 3.26. The quantitative estimate of drug-likeness (QED) is 0.515. The Morgan fingerprint density at radius 1 is 1.14 bits per heavy atom. The smallest absolute Gasteiger partial charge is 0.105 e. The molecular formula is C4H6Br2Si. The van der Waals surface area contributed by atoms with Crippen LogP contribution in [0.1, 0.15) is 0 Å². The lowest BCUT2D eigenvalue weighted by molar-refractivity contribution is 2.41. The molecule has 0 bridgehead atoms. The molecule has 0 aliphatic carbocycles. The maximum atomic E-state index is 3.60. The molecule has 0 N–H and O–H groups in total. The zero-order valence-corrected chi connectivity index (χ0v) is 8.00. The maximum absolute atomic E-state index is 3.60. The van der Waals surface area contributed by atoms with Gasteiger partial charge in [-0.1, -0.05) is 11.4 Å². The Morgan fingerprint density at radius 2 is 1.43 bits per heavy atom. The van der Waals surface area contributed by atoms with Crippen molar-refractivity contribution in [1.29, 1.82) is 0 Å². The van der Waals surface area contributed by atoms with Crippen molar-refractivity contribution in [2.24, 2.45) is 0 Å². The molecule has 0 radical (unpaired) electrons. The number of rotatable bonds is 2. The van der Waals surface area contributed by atoms with E-state index >= 15 is 0 Å². The van der Waals surface area contributed by atoms with Crippen LogP contribution in [0.25, 0.3) is 0 Å². The van der Waals surface area contributed by atoms with E-state index in [1.165, 1.54) is 0 Å². The van der Waals surface area contributed by atoms with Gasteiger partial charge >= 0.3 is 0 Å². The lowest BCUT2D eigenvalue weighted by atomic mass is 11.2.